The molecule has 0 unspecified atom stereocenters. The van der Waals surface area contributed by atoms with E-state index in [2.05, 4.69) is 20.6 Å². The molecule has 102 valence electrons. The van der Waals surface area contributed by atoms with Gasteiger partial charge in [0.15, 0.2) is 0 Å². The van der Waals surface area contributed by atoms with Gasteiger partial charge in [0.2, 0.25) is 11.8 Å². The third-order valence-corrected chi connectivity index (χ3v) is 2.49. The number of carbonyl (C=O) groups is 1. The molecule has 0 fully saturated rings. The second-order valence-electron chi connectivity index (χ2n) is 3.96. The molecule has 0 spiro atoms. The lowest BCUT2D eigenvalue weighted by atomic mass is 10.4. The minimum absolute atomic E-state index is 0.0916. The van der Waals surface area contributed by atoms with Gasteiger partial charge >= 0.3 is 0 Å². The maximum Gasteiger partial charge on any atom is 0.242 e. The van der Waals surface area contributed by atoms with E-state index in [0.717, 1.165) is 12.2 Å². The van der Waals surface area contributed by atoms with Gasteiger partial charge in [-0.25, -0.2) is 9.67 Å². The third kappa shape index (κ3) is 3.62. The van der Waals surface area contributed by atoms with Crippen LogP contribution in [0.25, 0.3) is 0 Å². The van der Waals surface area contributed by atoms with E-state index in [1.54, 1.807) is 12.4 Å². The number of carbonyl (C=O) groups excluding carboxylic acids is 1. The van der Waals surface area contributed by atoms with E-state index in [-0.39, 0.29) is 19.0 Å². The van der Waals surface area contributed by atoms with E-state index in [1.807, 2.05) is 6.92 Å². The van der Waals surface area contributed by atoms with E-state index in [9.17, 15) is 4.79 Å². The minimum atomic E-state index is -0.190. The molecule has 2 aromatic heterocycles. The Labute approximate surface area is 110 Å². The summed E-state index contributed by atoms with van der Waals surface area (Å²) in [5.74, 6) is 1.10. The maximum atomic E-state index is 11.7. The fourth-order valence-electron chi connectivity index (χ4n) is 1.48. The number of hydrogen-bond acceptors (Lipinski definition) is 6. The molecule has 0 saturated carbocycles. The summed E-state index contributed by atoms with van der Waals surface area (Å²) in [5.41, 5.74) is 6.05. The van der Waals surface area contributed by atoms with Crippen LogP contribution in [0.3, 0.4) is 0 Å². The summed E-state index contributed by atoms with van der Waals surface area (Å²) >= 11 is 0. The van der Waals surface area contributed by atoms with Crippen LogP contribution in [0, 0.1) is 0 Å². The number of rotatable bonds is 6. The fraction of sp³-hybridized carbons (Fsp3) is 0.455. The number of amides is 1. The Balaban J connectivity index is 1.81. The van der Waals surface area contributed by atoms with Crippen molar-refractivity contribution in [3.63, 3.8) is 0 Å². The van der Waals surface area contributed by atoms with Gasteiger partial charge in [0.05, 0.1) is 24.6 Å². The number of nitrogens with one attached hydrogen (secondary N) is 1. The highest BCUT2D eigenvalue weighted by atomic mass is 16.4. The van der Waals surface area contributed by atoms with Crippen molar-refractivity contribution in [1.82, 2.24) is 25.3 Å². The van der Waals surface area contributed by atoms with E-state index in [1.165, 1.54) is 4.68 Å². The molecule has 0 saturated heterocycles. The lowest BCUT2D eigenvalue weighted by Gasteiger charge is -2.02. The zero-order chi connectivity index (χ0) is 13.7. The number of nitrogens with zero attached hydrogens (tertiary/aromatic N) is 4. The summed E-state index contributed by atoms with van der Waals surface area (Å²) in [6.45, 7) is 2.63. The lowest BCUT2D eigenvalue weighted by Crippen LogP contribution is -2.27. The van der Waals surface area contributed by atoms with Gasteiger partial charge in [0.25, 0.3) is 0 Å². The average molecular weight is 264 g/mol. The zero-order valence-electron chi connectivity index (χ0n) is 10.7. The van der Waals surface area contributed by atoms with Crippen LogP contribution in [-0.4, -0.2) is 25.9 Å². The maximum absolute atomic E-state index is 11.7. The number of aryl methyl sites for hydroxylation is 1. The van der Waals surface area contributed by atoms with Gasteiger partial charge in [-0.1, -0.05) is 12.1 Å². The molecule has 19 heavy (non-hydrogen) atoms. The van der Waals surface area contributed by atoms with Crippen LogP contribution in [0.5, 0.6) is 0 Å². The second kappa shape index (κ2) is 6.10. The van der Waals surface area contributed by atoms with E-state index < -0.39 is 0 Å². The zero-order valence-corrected chi connectivity index (χ0v) is 10.7. The SMILES string of the molecule is CCc1cnc(CNC(=O)Cn2cc(CN)nn2)o1. The standard InChI is InChI=1S/C11H16N6O2/c1-2-9-4-14-11(19-9)5-13-10(18)7-17-6-8(3-12)15-16-17/h4,6H,2-3,5,7,12H2,1H3,(H,13,18). The van der Waals surface area contributed by atoms with Crippen LogP contribution in [0.2, 0.25) is 0 Å². The highest BCUT2D eigenvalue weighted by Crippen LogP contribution is 2.03. The van der Waals surface area contributed by atoms with Gasteiger partial charge in [-0.3, -0.25) is 4.79 Å². The van der Waals surface area contributed by atoms with Crippen molar-refractivity contribution in [3.8, 4) is 0 Å². The summed E-state index contributed by atoms with van der Waals surface area (Å²) in [7, 11) is 0. The summed E-state index contributed by atoms with van der Waals surface area (Å²) in [6.07, 6.45) is 4.08. The quantitative estimate of drug-likeness (QED) is 0.734. The largest absolute Gasteiger partial charge is 0.444 e. The predicted molar refractivity (Wildman–Crippen MR) is 65.6 cm³/mol. The Morgan fingerprint density at radius 3 is 3.05 bits per heavy atom. The van der Waals surface area contributed by atoms with Gasteiger partial charge in [-0.2, -0.15) is 0 Å². The Morgan fingerprint density at radius 1 is 1.58 bits per heavy atom. The number of aromatic nitrogens is 4. The molecule has 0 aliphatic rings. The van der Waals surface area contributed by atoms with Gasteiger partial charge < -0.3 is 15.5 Å². The Bertz CT molecular complexity index is 547. The topological polar surface area (TPSA) is 112 Å². The molecule has 0 aromatic carbocycles. The van der Waals surface area contributed by atoms with Crippen molar-refractivity contribution < 1.29 is 9.21 Å². The number of nitrogens with two attached hydrogens (primary N) is 1. The minimum Gasteiger partial charge on any atom is -0.444 e. The van der Waals surface area contributed by atoms with Crippen molar-refractivity contribution in [2.75, 3.05) is 0 Å². The highest BCUT2D eigenvalue weighted by molar-refractivity contribution is 5.75. The Kier molecular flexibility index (Phi) is 4.24. The van der Waals surface area contributed by atoms with Crippen molar-refractivity contribution in [3.05, 3.63) is 29.7 Å². The first kappa shape index (κ1) is 13.2. The monoisotopic (exact) mass is 264 g/mol. The van der Waals surface area contributed by atoms with E-state index >= 15 is 0 Å². The van der Waals surface area contributed by atoms with Gasteiger partial charge in [0, 0.05) is 13.0 Å². The molecule has 8 heteroatoms. The van der Waals surface area contributed by atoms with Crippen LogP contribution in [0.1, 0.15) is 24.3 Å². The second-order valence-corrected chi connectivity index (χ2v) is 3.96. The highest BCUT2D eigenvalue weighted by Gasteiger charge is 2.07. The molecule has 2 aromatic rings. The summed E-state index contributed by atoms with van der Waals surface area (Å²) in [5, 5.41) is 10.3. The van der Waals surface area contributed by atoms with Crippen LogP contribution in [0.4, 0.5) is 0 Å². The van der Waals surface area contributed by atoms with Crippen LogP contribution >= 0.6 is 0 Å². The van der Waals surface area contributed by atoms with Crippen molar-refractivity contribution in [1.29, 1.82) is 0 Å². The van der Waals surface area contributed by atoms with E-state index in [4.69, 9.17) is 10.2 Å². The molecule has 2 rings (SSSR count). The molecule has 0 radical (unpaired) electrons. The van der Waals surface area contributed by atoms with E-state index in [0.29, 0.717) is 18.1 Å². The fourth-order valence-corrected chi connectivity index (χ4v) is 1.48. The van der Waals surface area contributed by atoms with Crippen LogP contribution in [0.15, 0.2) is 16.8 Å². The average Bonchev–Trinajstić information content (AvgIpc) is 3.04. The first-order chi connectivity index (χ1) is 9.21. The van der Waals surface area contributed by atoms with Crippen molar-refractivity contribution >= 4 is 5.91 Å². The predicted octanol–water partition coefficient (Wildman–Crippen LogP) is -0.396. The van der Waals surface area contributed by atoms with Gasteiger partial charge in [-0.15, -0.1) is 5.10 Å². The van der Waals surface area contributed by atoms with Gasteiger partial charge in [-0.05, 0) is 0 Å². The lowest BCUT2D eigenvalue weighted by molar-refractivity contribution is -0.122. The molecule has 0 aliphatic carbocycles. The molecule has 8 nitrogen and oxygen atoms in total. The first-order valence-corrected chi connectivity index (χ1v) is 6.00. The van der Waals surface area contributed by atoms with Crippen LogP contribution in [-0.2, 0) is 30.8 Å². The molecule has 0 aliphatic heterocycles. The van der Waals surface area contributed by atoms with Gasteiger partial charge in [0.1, 0.15) is 12.3 Å². The molecule has 3 N–H and O–H groups in total. The molecule has 2 heterocycles. The molecular weight excluding hydrogens is 248 g/mol. The molecule has 1 amide bonds. The number of oxazole rings is 1. The molecule has 0 atom stereocenters. The molecule has 0 bridgehead atoms. The van der Waals surface area contributed by atoms with Crippen LogP contribution < -0.4 is 11.1 Å². The smallest absolute Gasteiger partial charge is 0.242 e. The number of hydrogen-bond donors (Lipinski definition) is 2. The summed E-state index contributed by atoms with van der Waals surface area (Å²) in [6, 6.07) is 0. The Hall–Kier alpha value is -2.22. The third-order valence-electron chi connectivity index (χ3n) is 2.49. The first-order valence-electron chi connectivity index (χ1n) is 6.00. The van der Waals surface area contributed by atoms with Crippen molar-refractivity contribution in [2.45, 2.75) is 33.0 Å². The normalized spacial score (nSPS) is 10.6. The summed E-state index contributed by atoms with van der Waals surface area (Å²) in [4.78, 5) is 15.7. The Morgan fingerprint density at radius 2 is 2.42 bits per heavy atom. The summed E-state index contributed by atoms with van der Waals surface area (Å²) < 4.78 is 6.81. The van der Waals surface area contributed by atoms with Crippen molar-refractivity contribution in [2.24, 2.45) is 5.73 Å². The molecular formula is C11H16N6O2.